The highest BCUT2D eigenvalue weighted by Crippen LogP contribution is 2.36. The van der Waals surface area contributed by atoms with Crippen LogP contribution in [0.5, 0.6) is 0 Å². The van der Waals surface area contributed by atoms with E-state index in [1.165, 1.54) is 0 Å². The first-order chi connectivity index (χ1) is 15.0. The van der Waals surface area contributed by atoms with Gasteiger partial charge in [0.05, 0.1) is 28.7 Å². The summed E-state index contributed by atoms with van der Waals surface area (Å²) in [4.78, 5) is 27.1. The maximum atomic E-state index is 12.8. The van der Waals surface area contributed by atoms with Crippen molar-refractivity contribution in [3.63, 3.8) is 0 Å². The van der Waals surface area contributed by atoms with E-state index in [4.69, 9.17) is 9.97 Å². The van der Waals surface area contributed by atoms with Gasteiger partial charge in [0.2, 0.25) is 5.91 Å². The zero-order valence-electron chi connectivity index (χ0n) is 17.9. The van der Waals surface area contributed by atoms with Crippen molar-refractivity contribution in [2.45, 2.75) is 32.7 Å². The van der Waals surface area contributed by atoms with Crippen LogP contribution in [0.1, 0.15) is 32.3 Å². The molecule has 31 heavy (non-hydrogen) atoms. The summed E-state index contributed by atoms with van der Waals surface area (Å²) in [5.41, 5.74) is 3.68. The van der Waals surface area contributed by atoms with Gasteiger partial charge in [-0.15, -0.1) is 0 Å². The summed E-state index contributed by atoms with van der Waals surface area (Å²) >= 11 is 0. The number of hydrogen-bond donors (Lipinski definition) is 0. The number of rotatable bonds is 3. The molecule has 0 N–H and O–H groups in total. The zero-order chi connectivity index (χ0) is 21.6. The highest BCUT2D eigenvalue weighted by Gasteiger charge is 2.43. The third-order valence-electron chi connectivity index (χ3n) is 6.54. The number of para-hydroxylation sites is 2. The molecule has 1 unspecified atom stereocenters. The first-order valence-electron chi connectivity index (χ1n) is 10.8. The van der Waals surface area contributed by atoms with Crippen molar-refractivity contribution in [1.29, 1.82) is 5.26 Å². The van der Waals surface area contributed by atoms with E-state index in [-0.39, 0.29) is 17.4 Å². The molecule has 0 bridgehead atoms. The Balaban J connectivity index is 1.53. The zero-order valence-corrected chi connectivity index (χ0v) is 17.9. The molecule has 6 nitrogen and oxygen atoms in total. The third-order valence-corrected chi connectivity index (χ3v) is 6.54. The second kappa shape index (κ2) is 7.35. The van der Waals surface area contributed by atoms with Gasteiger partial charge in [0, 0.05) is 30.6 Å². The second-order valence-electron chi connectivity index (χ2n) is 9.10. The van der Waals surface area contributed by atoms with Gasteiger partial charge >= 0.3 is 0 Å². The number of likely N-dealkylation sites (tertiary alicyclic amines) is 1. The van der Waals surface area contributed by atoms with Gasteiger partial charge in [-0.3, -0.25) is 4.79 Å². The molecule has 5 rings (SSSR count). The number of aromatic nitrogens is 2. The van der Waals surface area contributed by atoms with Gasteiger partial charge in [0.25, 0.3) is 0 Å². The van der Waals surface area contributed by atoms with Crippen molar-refractivity contribution >= 4 is 22.8 Å². The minimum atomic E-state index is -0.265. The highest BCUT2D eigenvalue weighted by atomic mass is 16.2. The minimum Gasteiger partial charge on any atom is -0.353 e. The van der Waals surface area contributed by atoms with Gasteiger partial charge < -0.3 is 9.80 Å². The fourth-order valence-electron chi connectivity index (χ4n) is 4.68. The lowest BCUT2D eigenvalue weighted by molar-refractivity contribution is -0.136. The highest BCUT2D eigenvalue weighted by molar-refractivity contribution is 5.85. The Hall–Kier alpha value is -3.46. The quantitative estimate of drug-likeness (QED) is 0.651. The van der Waals surface area contributed by atoms with Gasteiger partial charge in [-0.05, 0) is 37.1 Å². The van der Waals surface area contributed by atoms with Crippen LogP contribution in [0.15, 0.2) is 48.5 Å². The molecule has 156 valence electrons. The van der Waals surface area contributed by atoms with E-state index in [9.17, 15) is 10.1 Å². The second-order valence-corrected chi connectivity index (χ2v) is 9.10. The van der Waals surface area contributed by atoms with Crippen LogP contribution in [-0.4, -0.2) is 46.5 Å². The maximum Gasteiger partial charge on any atom is 0.228 e. The lowest BCUT2D eigenvalue weighted by atomic mass is 9.92. The molecular formula is C25H25N5O. The molecule has 1 atom stereocenters. The molecule has 1 amide bonds. The number of nitrogens with zero attached hydrogens (tertiary/aromatic N) is 5. The van der Waals surface area contributed by atoms with E-state index in [1.54, 1.807) is 6.07 Å². The number of amides is 1. The number of nitriles is 1. The molecule has 3 aromatic rings. The minimum absolute atomic E-state index is 0.195. The smallest absolute Gasteiger partial charge is 0.228 e. The van der Waals surface area contributed by atoms with Crippen molar-refractivity contribution in [3.05, 3.63) is 54.1 Å². The SMILES string of the molecule is CC1(C)CCN(C2CCN(c3nc4ccccc4nc3-c3cccc(C#N)c3)C2)C1=O. The largest absolute Gasteiger partial charge is 0.353 e. The van der Waals surface area contributed by atoms with Crippen molar-refractivity contribution in [2.24, 2.45) is 5.41 Å². The Morgan fingerprint density at radius 2 is 1.84 bits per heavy atom. The van der Waals surface area contributed by atoms with Gasteiger partial charge in [-0.1, -0.05) is 38.1 Å². The van der Waals surface area contributed by atoms with E-state index in [0.29, 0.717) is 5.56 Å². The fraction of sp³-hybridized carbons (Fsp3) is 0.360. The van der Waals surface area contributed by atoms with Gasteiger partial charge in [0.15, 0.2) is 5.82 Å². The number of fused-ring (bicyclic) bond motifs is 1. The Morgan fingerprint density at radius 3 is 2.55 bits per heavy atom. The number of benzene rings is 2. The molecule has 6 heteroatoms. The van der Waals surface area contributed by atoms with E-state index < -0.39 is 0 Å². The van der Waals surface area contributed by atoms with Crippen molar-refractivity contribution in [2.75, 3.05) is 24.5 Å². The first kappa shape index (κ1) is 19.5. The molecule has 2 aromatic carbocycles. The van der Waals surface area contributed by atoms with Crippen LogP contribution < -0.4 is 4.90 Å². The van der Waals surface area contributed by atoms with E-state index in [2.05, 4.69) is 15.9 Å². The van der Waals surface area contributed by atoms with Crippen LogP contribution in [0.4, 0.5) is 5.82 Å². The Kier molecular flexibility index (Phi) is 4.62. The predicted molar refractivity (Wildman–Crippen MR) is 120 cm³/mol. The van der Waals surface area contributed by atoms with Crippen LogP contribution in [0, 0.1) is 16.7 Å². The van der Waals surface area contributed by atoms with Gasteiger partial charge in [-0.2, -0.15) is 5.26 Å². The molecule has 2 fully saturated rings. The molecule has 0 spiro atoms. The Labute approximate surface area is 182 Å². The molecule has 2 aliphatic heterocycles. The summed E-state index contributed by atoms with van der Waals surface area (Å²) in [5, 5.41) is 9.35. The molecule has 2 saturated heterocycles. The number of carbonyl (C=O) groups excluding carboxylic acids is 1. The van der Waals surface area contributed by atoms with Crippen LogP contribution in [0.25, 0.3) is 22.3 Å². The average molecular weight is 412 g/mol. The van der Waals surface area contributed by atoms with Crippen molar-refractivity contribution in [3.8, 4) is 17.3 Å². The van der Waals surface area contributed by atoms with Gasteiger partial charge in [-0.25, -0.2) is 9.97 Å². The lowest BCUT2D eigenvalue weighted by Crippen LogP contribution is -2.41. The van der Waals surface area contributed by atoms with Crippen molar-refractivity contribution < 1.29 is 4.79 Å². The molecule has 0 radical (unpaired) electrons. The lowest BCUT2D eigenvalue weighted by Gasteiger charge is -2.27. The summed E-state index contributed by atoms with van der Waals surface area (Å²) in [5.74, 6) is 1.08. The Morgan fingerprint density at radius 1 is 1.06 bits per heavy atom. The van der Waals surface area contributed by atoms with Crippen LogP contribution >= 0.6 is 0 Å². The van der Waals surface area contributed by atoms with Crippen LogP contribution in [0.2, 0.25) is 0 Å². The number of carbonyl (C=O) groups is 1. The van der Waals surface area contributed by atoms with E-state index >= 15 is 0 Å². The van der Waals surface area contributed by atoms with Crippen molar-refractivity contribution in [1.82, 2.24) is 14.9 Å². The third kappa shape index (κ3) is 3.40. The molecule has 0 saturated carbocycles. The van der Waals surface area contributed by atoms with E-state index in [1.807, 2.05) is 56.3 Å². The molecular weight excluding hydrogens is 386 g/mol. The van der Waals surface area contributed by atoms with Crippen LogP contribution in [0.3, 0.4) is 0 Å². The summed E-state index contributed by atoms with van der Waals surface area (Å²) in [7, 11) is 0. The molecule has 1 aromatic heterocycles. The standard InChI is InChI=1S/C25H25N5O/c1-25(2)11-13-30(24(25)31)19-10-12-29(16-19)23-22(18-7-5-6-17(14-18)15-26)27-20-8-3-4-9-21(20)28-23/h3-9,14,19H,10-13,16H2,1-2H3. The van der Waals surface area contributed by atoms with E-state index in [0.717, 1.165) is 60.6 Å². The number of hydrogen-bond acceptors (Lipinski definition) is 5. The molecule has 3 heterocycles. The monoisotopic (exact) mass is 411 g/mol. The summed E-state index contributed by atoms with van der Waals surface area (Å²) in [6.45, 7) is 6.48. The van der Waals surface area contributed by atoms with Gasteiger partial charge in [0.1, 0.15) is 5.69 Å². The molecule has 2 aliphatic rings. The summed E-state index contributed by atoms with van der Waals surface area (Å²) in [6.07, 6.45) is 1.83. The predicted octanol–water partition coefficient (Wildman–Crippen LogP) is 4.01. The molecule has 0 aliphatic carbocycles. The summed E-state index contributed by atoms with van der Waals surface area (Å²) in [6, 6.07) is 17.8. The number of anilines is 1. The van der Waals surface area contributed by atoms with Crippen LogP contribution in [-0.2, 0) is 4.79 Å². The maximum absolute atomic E-state index is 12.8. The fourth-order valence-corrected chi connectivity index (χ4v) is 4.68. The topological polar surface area (TPSA) is 73.1 Å². The normalized spacial score (nSPS) is 20.4. The Bertz CT molecular complexity index is 1210. The first-order valence-corrected chi connectivity index (χ1v) is 10.8. The average Bonchev–Trinajstić information content (AvgIpc) is 3.37. The summed E-state index contributed by atoms with van der Waals surface area (Å²) < 4.78 is 0.